The van der Waals surface area contributed by atoms with Crippen LogP contribution in [0.2, 0.25) is 0 Å². The van der Waals surface area contributed by atoms with Crippen LogP contribution >= 0.6 is 0 Å². The zero-order valence-corrected chi connectivity index (χ0v) is 11.7. The molecule has 1 amide bonds. The summed E-state index contributed by atoms with van der Waals surface area (Å²) in [6, 6.07) is 4.28. The summed E-state index contributed by atoms with van der Waals surface area (Å²) in [5.41, 5.74) is 0.632. The second-order valence-corrected chi connectivity index (χ2v) is 5.42. The van der Waals surface area contributed by atoms with Crippen molar-refractivity contribution in [2.24, 2.45) is 0 Å². The summed E-state index contributed by atoms with van der Waals surface area (Å²) in [5.74, 6) is 0.199. The van der Waals surface area contributed by atoms with Crippen LogP contribution in [0.1, 0.15) is 50.0 Å². The number of hydrogen-bond donors (Lipinski definition) is 0. The molecule has 2 atom stereocenters. The van der Waals surface area contributed by atoms with Crippen LogP contribution in [0.4, 0.5) is 0 Å². The number of nitrogens with zero attached hydrogens (tertiary/aromatic N) is 2. The van der Waals surface area contributed by atoms with E-state index in [1.165, 1.54) is 6.42 Å². The Bertz CT molecular complexity index is 443. The summed E-state index contributed by atoms with van der Waals surface area (Å²) in [7, 11) is 0. The number of carbonyl (C=O) groups is 2. The standard InChI is InChI=1S/C15H22N2O2/c1-12-5-3-6-13(2)17(12)15(19)8-10-16-9-4-7-14(16)11-18/h4,7,9,11-13H,3,5-6,8,10H2,1-2H3. The maximum atomic E-state index is 12.3. The molecule has 1 aliphatic rings. The first kappa shape index (κ1) is 13.8. The Morgan fingerprint density at radius 3 is 2.68 bits per heavy atom. The third-order valence-electron chi connectivity index (χ3n) is 4.03. The third-order valence-corrected chi connectivity index (χ3v) is 4.03. The zero-order chi connectivity index (χ0) is 13.8. The first-order valence-corrected chi connectivity index (χ1v) is 7.05. The monoisotopic (exact) mass is 262 g/mol. The molecule has 2 unspecified atom stereocenters. The quantitative estimate of drug-likeness (QED) is 0.782. The largest absolute Gasteiger partial charge is 0.345 e. The number of likely N-dealkylation sites (tertiary alicyclic amines) is 1. The average Bonchev–Trinajstić information content (AvgIpc) is 2.83. The lowest BCUT2D eigenvalue weighted by atomic mass is 9.97. The summed E-state index contributed by atoms with van der Waals surface area (Å²) in [6.07, 6.45) is 6.54. The number of aromatic nitrogens is 1. The van der Waals surface area contributed by atoms with Crippen LogP contribution in [-0.2, 0) is 11.3 Å². The Balaban J connectivity index is 1.95. The van der Waals surface area contributed by atoms with Gasteiger partial charge in [0, 0.05) is 31.2 Å². The lowest BCUT2D eigenvalue weighted by molar-refractivity contribution is -0.137. The maximum Gasteiger partial charge on any atom is 0.224 e. The summed E-state index contributed by atoms with van der Waals surface area (Å²) in [5, 5.41) is 0. The van der Waals surface area contributed by atoms with Crippen LogP contribution in [-0.4, -0.2) is 33.7 Å². The predicted molar refractivity (Wildman–Crippen MR) is 74.1 cm³/mol. The first-order valence-electron chi connectivity index (χ1n) is 7.05. The number of aldehydes is 1. The van der Waals surface area contributed by atoms with Gasteiger partial charge in [-0.25, -0.2) is 0 Å². The van der Waals surface area contributed by atoms with E-state index in [-0.39, 0.29) is 5.91 Å². The van der Waals surface area contributed by atoms with Crippen molar-refractivity contribution in [3.05, 3.63) is 24.0 Å². The SMILES string of the molecule is CC1CCCC(C)N1C(=O)CCn1cccc1C=O. The van der Waals surface area contributed by atoms with E-state index < -0.39 is 0 Å². The Labute approximate surface area is 114 Å². The van der Waals surface area contributed by atoms with Crippen molar-refractivity contribution < 1.29 is 9.59 Å². The molecule has 0 aromatic carbocycles. The van der Waals surface area contributed by atoms with Crippen molar-refractivity contribution in [2.75, 3.05) is 0 Å². The molecule has 0 saturated carbocycles. The molecule has 0 aliphatic carbocycles. The highest BCUT2D eigenvalue weighted by atomic mass is 16.2. The predicted octanol–water partition coefficient (Wildman–Crippen LogP) is 2.48. The second kappa shape index (κ2) is 6.04. The zero-order valence-electron chi connectivity index (χ0n) is 11.7. The van der Waals surface area contributed by atoms with Crippen molar-refractivity contribution in [2.45, 2.75) is 58.2 Å². The number of carbonyl (C=O) groups excluding carboxylic acids is 2. The van der Waals surface area contributed by atoms with Gasteiger partial charge in [0.05, 0.1) is 5.69 Å². The molecular weight excluding hydrogens is 240 g/mol. The first-order chi connectivity index (χ1) is 9.13. The molecule has 0 radical (unpaired) electrons. The van der Waals surface area contributed by atoms with Crippen LogP contribution in [0.15, 0.2) is 18.3 Å². The Hall–Kier alpha value is -1.58. The number of aryl methyl sites for hydroxylation is 1. The average molecular weight is 262 g/mol. The van der Waals surface area contributed by atoms with E-state index >= 15 is 0 Å². The highest BCUT2D eigenvalue weighted by Crippen LogP contribution is 2.23. The minimum atomic E-state index is 0.199. The van der Waals surface area contributed by atoms with Crippen molar-refractivity contribution in [1.29, 1.82) is 0 Å². The molecule has 19 heavy (non-hydrogen) atoms. The second-order valence-electron chi connectivity index (χ2n) is 5.42. The van der Waals surface area contributed by atoms with Gasteiger partial charge in [0.2, 0.25) is 5.91 Å². The summed E-state index contributed by atoms with van der Waals surface area (Å²) in [4.78, 5) is 25.2. The molecule has 1 aromatic heterocycles. The lowest BCUT2D eigenvalue weighted by Crippen LogP contribution is -2.47. The van der Waals surface area contributed by atoms with Gasteiger partial charge in [0.1, 0.15) is 0 Å². The van der Waals surface area contributed by atoms with Crippen LogP contribution in [0.3, 0.4) is 0 Å². The molecule has 0 N–H and O–H groups in total. The number of piperidine rings is 1. The van der Waals surface area contributed by atoms with E-state index in [9.17, 15) is 9.59 Å². The van der Waals surface area contributed by atoms with Gasteiger partial charge in [-0.2, -0.15) is 0 Å². The molecule has 1 aliphatic heterocycles. The fourth-order valence-corrected chi connectivity index (χ4v) is 3.00. The van der Waals surface area contributed by atoms with E-state index in [1.54, 1.807) is 6.07 Å². The molecule has 2 rings (SSSR count). The molecule has 0 bridgehead atoms. The van der Waals surface area contributed by atoms with Crippen molar-refractivity contribution >= 4 is 12.2 Å². The molecule has 2 heterocycles. The van der Waals surface area contributed by atoms with Gasteiger partial charge >= 0.3 is 0 Å². The van der Waals surface area contributed by atoms with E-state index in [0.717, 1.165) is 19.1 Å². The molecule has 1 aromatic rings. The van der Waals surface area contributed by atoms with Crippen molar-refractivity contribution in [3.8, 4) is 0 Å². The normalized spacial score (nSPS) is 23.4. The van der Waals surface area contributed by atoms with Gasteiger partial charge in [-0.15, -0.1) is 0 Å². The Morgan fingerprint density at radius 1 is 1.37 bits per heavy atom. The topological polar surface area (TPSA) is 42.3 Å². The molecule has 1 fully saturated rings. The molecule has 4 heteroatoms. The van der Waals surface area contributed by atoms with Gasteiger partial charge in [0.25, 0.3) is 0 Å². The van der Waals surface area contributed by atoms with E-state index in [4.69, 9.17) is 0 Å². The van der Waals surface area contributed by atoms with Gasteiger partial charge in [0.15, 0.2) is 6.29 Å². The van der Waals surface area contributed by atoms with Gasteiger partial charge in [-0.1, -0.05) is 0 Å². The maximum absolute atomic E-state index is 12.3. The molecule has 0 spiro atoms. The van der Waals surface area contributed by atoms with Crippen molar-refractivity contribution in [1.82, 2.24) is 9.47 Å². The van der Waals surface area contributed by atoms with Gasteiger partial charge in [-0.05, 0) is 45.2 Å². The van der Waals surface area contributed by atoms with E-state index in [0.29, 0.717) is 30.7 Å². The summed E-state index contributed by atoms with van der Waals surface area (Å²) in [6.45, 7) is 4.83. The molecule has 104 valence electrons. The highest BCUT2D eigenvalue weighted by Gasteiger charge is 2.28. The number of amides is 1. The molecule has 1 saturated heterocycles. The van der Waals surface area contributed by atoms with Gasteiger partial charge < -0.3 is 9.47 Å². The smallest absolute Gasteiger partial charge is 0.224 e. The van der Waals surface area contributed by atoms with E-state index in [1.807, 2.05) is 21.7 Å². The molecule has 4 nitrogen and oxygen atoms in total. The molecular formula is C15H22N2O2. The third kappa shape index (κ3) is 3.06. The summed E-state index contributed by atoms with van der Waals surface area (Å²) >= 11 is 0. The minimum Gasteiger partial charge on any atom is -0.345 e. The Morgan fingerprint density at radius 2 is 2.05 bits per heavy atom. The van der Waals surface area contributed by atoms with Crippen LogP contribution in [0, 0.1) is 0 Å². The minimum absolute atomic E-state index is 0.199. The van der Waals surface area contributed by atoms with Crippen molar-refractivity contribution in [3.63, 3.8) is 0 Å². The van der Waals surface area contributed by atoms with Crippen LogP contribution in [0.25, 0.3) is 0 Å². The fraction of sp³-hybridized carbons (Fsp3) is 0.600. The van der Waals surface area contributed by atoms with Gasteiger partial charge in [-0.3, -0.25) is 9.59 Å². The number of hydrogen-bond acceptors (Lipinski definition) is 2. The lowest BCUT2D eigenvalue weighted by Gasteiger charge is -2.39. The van der Waals surface area contributed by atoms with Crippen LogP contribution in [0.5, 0.6) is 0 Å². The Kier molecular flexibility index (Phi) is 4.40. The van der Waals surface area contributed by atoms with E-state index in [2.05, 4.69) is 13.8 Å². The van der Waals surface area contributed by atoms with Crippen LogP contribution < -0.4 is 0 Å². The summed E-state index contributed by atoms with van der Waals surface area (Å²) < 4.78 is 1.84. The fourth-order valence-electron chi connectivity index (χ4n) is 3.00. The highest BCUT2D eigenvalue weighted by molar-refractivity contribution is 5.77. The number of rotatable bonds is 4.